The summed E-state index contributed by atoms with van der Waals surface area (Å²) in [5, 5.41) is 18.3. The Balaban J connectivity index is 2.08. The third-order valence-corrected chi connectivity index (χ3v) is 4.41. The number of aliphatic hydroxyl groups excluding tert-OH is 1. The molecule has 0 radical (unpaired) electrons. The average molecular weight is 341 g/mol. The molecule has 4 atom stereocenters. The van der Waals surface area contributed by atoms with E-state index in [1.165, 1.54) is 10.9 Å². The largest absolute Gasteiger partial charge is 0.394 e. The summed E-state index contributed by atoms with van der Waals surface area (Å²) in [7, 11) is 0. The van der Waals surface area contributed by atoms with Crippen molar-refractivity contribution < 1.29 is 14.2 Å². The highest BCUT2D eigenvalue weighted by Gasteiger charge is 2.55. The van der Waals surface area contributed by atoms with E-state index in [9.17, 15) is 5.11 Å². The Bertz CT molecular complexity index is 793. The Hall–Kier alpha value is -2.02. The molecule has 0 unspecified atom stereocenters. The first kappa shape index (κ1) is 15.9. The number of fused-ring (bicyclic) bond motifs is 1. The van der Waals surface area contributed by atoms with Crippen LogP contribution in [0.5, 0.6) is 0 Å². The molecule has 0 aliphatic carbocycles. The van der Waals surface area contributed by atoms with Gasteiger partial charge in [0.1, 0.15) is 5.52 Å². The summed E-state index contributed by atoms with van der Waals surface area (Å²) in [6.45, 7) is 1.16. The molecular formula is C13H14ClFN6O2. The maximum Gasteiger partial charge on any atom is 0.226 e. The van der Waals surface area contributed by atoms with Crippen LogP contribution in [0.25, 0.3) is 11.2 Å². The third-order valence-electron chi connectivity index (χ3n) is 4.24. The summed E-state index contributed by atoms with van der Waals surface area (Å²) in [5.74, 6) is 0.0747. The van der Waals surface area contributed by atoms with Crippen LogP contribution in [0.4, 0.5) is 10.2 Å². The fourth-order valence-corrected chi connectivity index (χ4v) is 3.00. The first-order valence-electron chi connectivity index (χ1n) is 6.85. The van der Waals surface area contributed by atoms with Crippen LogP contribution in [0.1, 0.15) is 19.6 Å². The van der Waals surface area contributed by atoms with Crippen LogP contribution in [-0.4, -0.2) is 43.5 Å². The minimum Gasteiger partial charge on any atom is -0.394 e. The summed E-state index contributed by atoms with van der Waals surface area (Å²) in [6.07, 6.45) is -2.24. The van der Waals surface area contributed by atoms with Crippen molar-refractivity contribution in [3.8, 4) is 6.07 Å². The number of anilines is 1. The van der Waals surface area contributed by atoms with E-state index in [0.717, 1.165) is 0 Å². The van der Waals surface area contributed by atoms with Crippen LogP contribution in [0.3, 0.4) is 0 Å². The van der Waals surface area contributed by atoms with E-state index in [0.29, 0.717) is 0 Å². The van der Waals surface area contributed by atoms with E-state index in [2.05, 4.69) is 15.0 Å². The van der Waals surface area contributed by atoms with Gasteiger partial charge in [0.15, 0.2) is 23.9 Å². The molecule has 1 saturated heterocycles. The van der Waals surface area contributed by atoms with Crippen LogP contribution < -0.4 is 5.73 Å². The Kier molecular flexibility index (Phi) is 3.83. The van der Waals surface area contributed by atoms with Crippen molar-refractivity contribution in [2.45, 2.75) is 31.8 Å². The molecule has 8 nitrogen and oxygen atoms in total. The van der Waals surface area contributed by atoms with Gasteiger partial charge >= 0.3 is 0 Å². The van der Waals surface area contributed by atoms with Crippen molar-refractivity contribution in [3.05, 3.63) is 11.6 Å². The SMILES string of the molecule is C[C@]1(CC#N)[C@H](F)[C@H](n2cnc3c(N)nc(Cl)nc32)O[C@@H]1CO. The number of nitrogens with zero attached hydrogens (tertiary/aromatic N) is 5. The van der Waals surface area contributed by atoms with Gasteiger partial charge in [-0.2, -0.15) is 15.2 Å². The first-order chi connectivity index (χ1) is 10.9. The molecule has 0 spiro atoms. The number of aliphatic hydroxyl groups is 1. The fraction of sp³-hybridized carbons (Fsp3) is 0.538. The monoisotopic (exact) mass is 340 g/mol. The summed E-state index contributed by atoms with van der Waals surface area (Å²) < 4.78 is 22.0. The Morgan fingerprint density at radius 2 is 2.35 bits per heavy atom. The van der Waals surface area contributed by atoms with Gasteiger partial charge in [-0.05, 0) is 11.6 Å². The number of imidazole rings is 1. The number of nitrogens with two attached hydrogens (primary N) is 1. The zero-order chi connectivity index (χ0) is 16.8. The van der Waals surface area contributed by atoms with Crippen molar-refractivity contribution in [2.75, 3.05) is 12.3 Å². The zero-order valence-electron chi connectivity index (χ0n) is 12.1. The summed E-state index contributed by atoms with van der Waals surface area (Å²) in [4.78, 5) is 11.9. The van der Waals surface area contributed by atoms with E-state index in [4.69, 9.17) is 27.3 Å². The number of nitrogen functional groups attached to an aromatic ring is 1. The lowest BCUT2D eigenvalue weighted by molar-refractivity contribution is -0.0452. The van der Waals surface area contributed by atoms with Gasteiger partial charge in [-0.15, -0.1) is 0 Å². The lowest BCUT2D eigenvalue weighted by atomic mass is 9.79. The quantitative estimate of drug-likeness (QED) is 0.805. The molecular weight excluding hydrogens is 327 g/mol. The predicted molar refractivity (Wildman–Crippen MR) is 79.0 cm³/mol. The van der Waals surface area contributed by atoms with Crippen molar-refractivity contribution >= 4 is 28.6 Å². The molecule has 0 amide bonds. The number of rotatable bonds is 3. The molecule has 1 aliphatic rings. The van der Waals surface area contributed by atoms with Crippen molar-refractivity contribution in [1.29, 1.82) is 5.26 Å². The van der Waals surface area contributed by atoms with E-state index in [-0.39, 0.29) is 28.7 Å². The number of hydrogen-bond acceptors (Lipinski definition) is 7. The molecule has 10 heteroatoms. The number of nitriles is 1. The minimum atomic E-state index is -1.55. The lowest BCUT2D eigenvalue weighted by Gasteiger charge is -2.27. The van der Waals surface area contributed by atoms with Crippen LogP contribution in [0.15, 0.2) is 6.33 Å². The molecule has 1 fully saturated rings. The van der Waals surface area contributed by atoms with Crippen LogP contribution in [0, 0.1) is 16.7 Å². The molecule has 3 heterocycles. The third kappa shape index (κ3) is 2.30. The van der Waals surface area contributed by atoms with Gasteiger partial charge in [0.2, 0.25) is 5.28 Å². The van der Waals surface area contributed by atoms with Gasteiger partial charge in [0, 0.05) is 11.8 Å². The molecule has 0 bridgehead atoms. The van der Waals surface area contributed by atoms with Crippen molar-refractivity contribution in [2.24, 2.45) is 5.41 Å². The summed E-state index contributed by atoms with van der Waals surface area (Å²) in [6, 6.07) is 1.94. The smallest absolute Gasteiger partial charge is 0.226 e. The topological polar surface area (TPSA) is 123 Å². The molecule has 0 aromatic carbocycles. The second-order valence-corrected chi connectivity index (χ2v) is 5.98. The second kappa shape index (κ2) is 5.56. The van der Waals surface area contributed by atoms with Gasteiger partial charge in [0.25, 0.3) is 0 Å². The Morgan fingerprint density at radius 3 is 3.00 bits per heavy atom. The molecule has 3 N–H and O–H groups in total. The van der Waals surface area contributed by atoms with Gasteiger partial charge in [-0.1, -0.05) is 6.92 Å². The molecule has 2 aromatic heterocycles. The van der Waals surface area contributed by atoms with Crippen molar-refractivity contribution in [3.63, 3.8) is 0 Å². The number of hydrogen-bond donors (Lipinski definition) is 2. The van der Waals surface area contributed by atoms with E-state index < -0.39 is 30.5 Å². The normalized spacial score (nSPS) is 30.7. The lowest BCUT2D eigenvalue weighted by Crippen LogP contribution is -2.37. The number of aromatic nitrogens is 4. The molecule has 0 saturated carbocycles. The van der Waals surface area contributed by atoms with E-state index >= 15 is 4.39 Å². The van der Waals surface area contributed by atoms with Crippen molar-refractivity contribution in [1.82, 2.24) is 19.5 Å². The van der Waals surface area contributed by atoms with Crippen LogP contribution >= 0.6 is 11.6 Å². The Morgan fingerprint density at radius 1 is 1.61 bits per heavy atom. The zero-order valence-corrected chi connectivity index (χ0v) is 12.9. The number of halogens is 2. The molecule has 122 valence electrons. The molecule has 23 heavy (non-hydrogen) atoms. The van der Waals surface area contributed by atoms with Gasteiger partial charge < -0.3 is 15.6 Å². The average Bonchev–Trinajstić information content (AvgIpc) is 3.01. The molecule has 3 rings (SSSR count). The van der Waals surface area contributed by atoms with E-state index in [1.54, 1.807) is 6.92 Å². The molecule has 1 aliphatic heterocycles. The highest BCUT2D eigenvalue weighted by molar-refractivity contribution is 6.28. The number of alkyl halides is 1. The first-order valence-corrected chi connectivity index (χ1v) is 7.23. The number of ether oxygens (including phenoxy) is 1. The van der Waals surface area contributed by atoms with E-state index in [1.807, 2.05) is 6.07 Å². The van der Waals surface area contributed by atoms with Gasteiger partial charge in [-0.25, -0.2) is 9.37 Å². The van der Waals surface area contributed by atoms with Gasteiger partial charge in [-0.3, -0.25) is 4.57 Å². The minimum absolute atomic E-state index is 0.0747. The second-order valence-electron chi connectivity index (χ2n) is 5.64. The highest BCUT2D eigenvalue weighted by Crippen LogP contribution is 2.48. The fourth-order valence-electron chi connectivity index (χ4n) is 2.83. The van der Waals surface area contributed by atoms with Crippen LogP contribution in [0.2, 0.25) is 5.28 Å². The molecule has 2 aromatic rings. The highest BCUT2D eigenvalue weighted by atomic mass is 35.5. The summed E-state index contributed by atoms with van der Waals surface area (Å²) >= 11 is 5.80. The standard InChI is InChI=1S/C13H14ClFN6O2/c1-13(2-3-16)6(4-22)23-11(8(13)15)21-5-18-7-9(17)19-12(14)20-10(7)21/h5-6,8,11,22H,2,4H2,1H3,(H2,17,19,20)/t6-,8-,11-,13-/m1/s1. The summed E-state index contributed by atoms with van der Waals surface area (Å²) in [5.41, 5.74) is 5.09. The van der Waals surface area contributed by atoms with Crippen LogP contribution in [-0.2, 0) is 4.74 Å². The maximum atomic E-state index is 15.0. The predicted octanol–water partition coefficient (Wildman–Crippen LogP) is 1.21. The maximum absolute atomic E-state index is 15.0. The Labute approximate surface area is 135 Å². The van der Waals surface area contributed by atoms with Gasteiger partial charge in [0.05, 0.1) is 25.1 Å².